The van der Waals surface area contributed by atoms with Crippen molar-refractivity contribution in [2.24, 2.45) is 5.92 Å². The van der Waals surface area contributed by atoms with E-state index in [1.807, 2.05) is 0 Å². The summed E-state index contributed by atoms with van der Waals surface area (Å²) in [6.07, 6.45) is 57.6. The summed E-state index contributed by atoms with van der Waals surface area (Å²) >= 11 is 0. The minimum Gasteiger partial charge on any atom is -0.462 e. The number of ether oxygens (including phenoxy) is 4. The second kappa shape index (κ2) is 68.2. The first kappa shape index (κ1) is 92.1. The van der Waals surface area contributed by atoms with Gasteiger partial charge in [-0.05, 0) is 31.6 Å². The summed E-state index contributed by atoms with van der Waals surface area (Å²) in [4.78, 5) is 72.3. The number of esters is 4. The van der Waals surface area contributed by atoms with Gasteiger partial charge in [0.2, 0.25) is 0 Å². The van der Waals surface area contributed by atoms with Crippen molar-refractivity contribution >= 4 is 39.5 Å². The SMILES string of the molecule is CCCCCCCCCCCCCCCCCCCCCCCCC(=O)O[C@H](COC(=O)CCCCCCCCCCCCCCCCCC(C)C)COP(=O)(O)OC[C@@H](O)COP(=O)(O)OC[C@@H](COC(=O)CCCCCCC)OC(=O)CCCCCCCCCCC. The Morgan fingerprint density at radius 3 is 0.723 bits per heavy atom. The lowest BCUT2D eigenvalue weighted by atomic mass is 10.0. The molecule has 0 aromatic heterocycles. The minimum absolute atomic E-state index is 0.105. The van der Waals surface area contributed by atoms with Crippen molar-refractivity contribution in [3.8, 4) is 0 Å². The molecule has 0 amide bonds. The van der Waals surface area contributed by atoms with Crippen LogP contribution in [0.2, 0.25) is 0 Å². The number of phosphoric acid groups is 2. The number of aliphatic hydroxyl groups is 1. The average molecular weight is 1380 g/mol. The van der Waals surface area contributed by atoms with Crippen LogP contribution < -0.4 is 0 Å². The number of carbonyl (C=O) groups is 4. The van der Waals surface area contributed by atoms with Gasteiger partial charge in [-0.3, -0.25) is 37.3 Å². The lowest BCUT2D eigenvalue weighted by molar-refractivity contribution is -0.161. The monoisotopic (exact) mass is 1380 g/mol. The van der Waals surface area contributed by atoms with E-state index in [1.54, 1.807) is 0 Å². The second-order valence-corrected chi connectivity index (χ2v) is 30.4. The van der Waals surface area contributed by atoms with Crippen LogP contribution in [0.25, 0.3) is 0 Å². The molecule has 0 fully saturated rings. The summed E-state index contributed by atoms with van der Waals surface area (Å²) in [6.45, 7) is 7.20. The van der Waals surface area contributed by atoms with Gasteiger partial charge in [-0.1, -0.05) is 343 Å². The molecule has 94 heavy (non-hydrogen) atoms. The highest BCUT2D eigenvalue weighted by Crippen LogP contribution is 2.45. The average Bonchev–Trinajstić information content (AvgIpc) is 2.41. The van der Waals surface area contributed by atoms with Crippen molar-refractivity contribution in [2.75, 3.05) is 39.6 Å². The highest BCUT2D eigenvalue weighted by molar-refractivity contribution is 7.47. The fraction of sp³-hybridized carbons (Fsp3) is 0.947. The van der Waals surface area contributed by atoms with E-state index in [4.69, 9.17) is 37.0 Å². The molecule has 0 aromatic carbocycles. The molecule has 0 aliphatic rings. The van der Waals surface area contributed by atoms with Crippen molar-refractivity contribution in [2.45, 2.75) is 412 Å². The third kappa shape index (κ3) is 68.6. The van der Waals surface area contributed by atoms with Gasteiger partial charge in [0.25, 0.3) is 0 Å². The molecule has 5 atom stereocenters. The van der Waals surface area contributed by atoms with Gasteiger partial charge in [-0.15, -0.1) is 0 Å². The molecule has 2 unspecified atom stereocenters. The Morgan fingerprint density at radius 1 is 0.287 bits per heavy atom. The Morgan fingerprint density at radius 2 is 0.489 bits per heavy atom. The van der Waals surface area contributed by atoms with E-state index in [2.05, 4.69) is 34.6 Å². The van der Waals surface area contributed by atoms with Crippen molar-refractivity contribution < 1.29 is 80.2 Å². The van der Waals surface area contributed by atoms with E-state index in [0.717, 1.165) is 102 Å². The first-order valence-electron chi connectivity index (χ1n) is 39.1. The predicted octanol–water partition coefficient (Wildman–Crippen LogP) is 22.1. The molecule has 0 aromatic rings. The van der Waals surface area contributed by atoms with E-state index < -0.39 is 97.5 Å². The van der Waals surface area contributed by atoms with Crippen LogP contribution in [0.15, 0.2) is 0 Å². The van der Waals surface area contributed by atoms with E-state index >= 15 is 0 Å². The number of aliphatic hydroxyl groups excluding tert-OH is 1. The van der Waals surface area contributed by atoms with Gasteiger partial charge in [-0.2, -0.15) is 0 Å². The second-order valence-electron chi connectivity index (χ2n) is 27.5. The molecule has 0 heterocycles. The normalized spacial score (nSPS) is 14.0. The maximum Gasteiger partial charge on any atom is 0.472 e. The molecule has 3 N–H and O–H groups in total. The van der Waals surface area contributed by atoms with Gasteiger partial charge in [0.05, 0.1) is 26.4 Å². The zero-order valence-corrected chi connectivity index (χ0v) is 62.9. The summed E-state index contributed by atoms with van der Waals surface area (Å²) < 4.78 is 68.1. The third-order valence-corrected chi connectivity index (χ3v) is 19.4. The third-order valence-electron chi connectivity index (χ3n) is 17.5. The quantitative estimate of drug-likeness (QED) is 0.0222. The Hall–Kier alpha value is -1.94. The summed E-state index contributed by atoms with van der Waals surface area (Å²) in [5.41, 5.74) is 0. The Labute approximate surface area is 575 Å². The van der Waals surface area contributed by atoms with E-state index in [0.29, 0.717) is 25.7 Å². The molecular weight excluding hydrogens is 1230 g/mol. The van der Waals surface area contributed by atoms with Crippen LogP contribution >= 0.6 is 15.6 Å². The van der Waals surface area contributed by atoms with E-state index in [9.17, 15) is 43.2 Å². The van der Waals surface area contributed by atoms with Crippen LogP contribution in [0.1, 0.15) is 394 Å². The number of carbonyl (C=O) groups excluding carboxylic acids is 4. The molecule has 0 saturated carbocycles. The summed E-state index contributed by atoms with van der Waals surface area (Å²) in [5.74, 6) is -1.32. The molecule has 558 valence electrons. The molecule has 19 heteroatoms. The summed E-state index contributed by atoms with van der Waals surface area (Å²) in [6, 6.07) is 0. The zero-order chi connectivity index (χ0) is 69.1. The highest BCUT2D eigenvalue weighted by atomic mass is 31.2. The molecular formula is C75H146O17P2. The number of hydrogen-bond donors (Lipinski definition) is 3. The van der Waals surface area contributed by atoms with Crippen LogP contribution in [0.5, 0.6) is 0 Å². The highest BCUT2D eigenvalue weighted by Gasteiger charge is 2.30. The largest absolute Gasteiger partial charge is 0.472 e. The first-order chi connectivity index (χ1) is 45.5. The Kier molecular flexibility index (Phi) is 66.8. The first-order valence-corrected chi connectivity index (χ1v) is 42.1. The van der Waals surface area contributed by atoms with E-state index in [1.165, 1.54) is 212 Å². The van der Waals surface area contributed by atoms with Gasteiger partial charge in [0.15, 0.2) is 12.2 Å². The molecule has 0 aliphatic heterocycles. The fourth-order valence-corrected chi connectivity index (χ4v) is 13.1. The molecule has 0 saturated heterocycles. The summed E-state index contributed by atoms with van der Waals surface area (Å²) in [7, 11) is -9.89. The van der Waals surface area contributed by atoms with Crippen LogP contribution in [-0.2, 0) is 65.4 Å². The lowest BCUT2D eigenvalue weighted by Gasteiger charge is -2.21. The van der Waals surface area contributed by atoms with Gasteiger partial charge in [-0.25, -0.2) is 9.13 Å². The molecule has 0 aliphatic carbocycles. The molecule has 0 spiro atoms. The van der Waals surface area contributed by atoms with Crippen LogP contribution in [-0.4, -0.2) is 96.7 Å². The standard InChI is InChI=1S/C75H146O17P2/c1-6-9-12-15-17-19-20-21-22-23-24-25-26-27-28-31-35-38-42-46-51-56-61-75(80)92-71(65-86-73(78)59-54-49-44-41-37-34-32-29-30-33-36-40-43-48-52-57-68(4)5)67-90-94(83,84)88-63-69(76)62-87-93(81,82)89-66-70(64-85-72(77)58-53-47-14-11-8-3)91-74(79)60-55-50-45-39-18-16-13-10-7-2/h68-71,76H,6-67H2,1-5H3,(H,81,82)(H,83,84)/t69-,70+,71+/m0/s1. The van der Waals surface area contributed by atoms with Crippen LogP contribution in [0, 0.1) is 5.92 Å². The van der Waals surface area contributed by atoms with Gasteiger partial charge >= 0.3 is 39.5 Å². The fourth-order valence-electron chi connectivity index (χ4n) is 11.5. The molecule has 0 bridgehead atoms. The zero-order valence-electron chi connectivity index (χ0n) is 61.1. The lowest BCUT2D eigenvalue weighted by Crippen LogP contribution is -2.30. The van der Waals surface area contributed by atoms with Gasteiger partial charge in [0.1, 0.15) is 19.3 Å². The number of hydrogen-bond acceptors (Lipinski definition) is 15. The number of rotatable bonds is 75. The van der Waals surface area contributed by atoms with Crippen molar-refractivity contribution in [3.63, 3.8) is 0 Å². The Balaban J connectivity index is 5.08. The maximum absolute atomic E-state index is 13.1. The van der Waals surface area contributed by atoms with Crippen LogP contribution in [0.4, 0.5) is 0 Å². The number of phosphoric ester groups is 2. The Bertz CT molecular complexity index is 1810. The van der Waals surface area contributed by atoms with Crippen LogP contribution in [0.3, 0.4) is 0 Å². The number of unbranched alkanes of at least 4 members (excludes halogenated alkanes) is 47. The summed E-state index contributed by atoms with van der Waals surface area (Å²) in [5, 5.41) is 10.6. The van der Waals surface area contributed by atoms with E-state index in [-0.39, 0.29) is 25.7 Å². The molecule has 0 rings (SSSR count). The smallest absolute Gasteiger partial charge is 0.462 e. The predicted molar refractivity (Wildman–Crippen MR) is 382 cm³/mol. The van der Waals surface area contributed by atoms with Crippen molar-refractivity contribution in [3.05, 3.63) is 0 Å². The topological polar surface area (TPSA) is 237 Å². The van der Waals surface area contributed by atoms with Crippen molar-refractivity contribution in [1.29, 1.82) is 0 Å². The minimum atomic E-state index is -4.95. The van der Waals surface area contributed by atoms with Crippen molar-refractivity contribution in [1.82, 2.24) is 0 Å². The van der Waals surface area contributed by atoms with Gasteiger partial charge in [0, 0.05) is 25.7 Å². The molecule has 17 nitrogen and oxygen atoms in total. The molecule has 0 radical (unpaired) electrons. The van der Waals surface area contributed by atoms with Gasteiger partial charge < -0.3 is 33.8 Å². The maximum atomic E-state index is 13.1.